The minimum Gasteiger partial charge on any atom is -0.338 e. The van der Waals surface area contributed by atoms with E-state index in [0.29, 0.717) is 5.41 Å². The van der Waals surface area contributed by atoms with E-state index in [4.69, 9.17) is 0 Å². The van der Waals surface area contributed by atoms with Crippen molar-refractivity contribution >= 4 is 5.91 Å². The van der Waals surface area contributed by atoms with Crippen LogP contribution in [0.5, 0.6) is 0 Å². The lowest BCUT2D eigenvalue weighted by Crippen LogP contribution is -2.58. The van der Waals surface area contributed by atoms with Crippen molar-refractivity contribution in [2.75, 3.05) is 26.2 Å². The lowest BCUT2D eigenvalue weighted by atomic mass is 9.79. The number of hydrogen-bond donors (Lipinski definition) is 1. The van der Waals surface area contributed by atoms with Crippen molar-refractivity contribution in [1.29, 1.82) is 0 Å². The molecule has 1 spiro atoms. The maximum absolute atomic E-state index is 11.1. The summed E-state index contributed by atoms with van der Waals surface area (Å²) in [6.07, 6.45) is 2.61. The van der Waals surface area contributed by atoms with Gasteiger partial charge in [-0.1, -0.05) is 6.58 Å². The number of likely N-dealkylation sites (tertiary alicyclic amines) is 1. The Morgan fingerprint density at radius 2 is 2.33 bits per heavy atom. The van der Waals surface area contributed by atoms with Gasteiger partial charge < -0.3 is 10.2 Å². The van der Waals surface area contributed by atoms with E-state index in [1.165, 1.54) is 12.5 Å². The lowest BCUT2D eigenvalue weighted by Gasteiger charge is -2.47. The molecule has 0 radical (unpaired) electrons. The quantitative estimate of drug-likeness (QED) is 0.556. The maximum atomic E-state index is 11.1. The third kappa shape index (κ3) is 1.05. The van der Waals surface area contributed by atoms with Gasteiger partial charge in [-0.05, 0) is 19.0 Å². The topological polar surface area (TPSA) is 32.3 Å². The van der Waals surface area contributed by atoms with Gasteiger partial charge in [-0.3, -0.25) is 4.79 Å². The van der Waals surface area contributed by atoms with Crippen LogP contribution in [-0.2, 0) is 4.79 Å². The highest BCUT2D eigenvalue weighted by molar-refractivity contribution is 5.87. The van der Waals surface area contributed by atoms with Crippen molar-refractivity contribution in [3.63, 3.8) is 0 Å². The average molecular weight is 166 g/mol. The molecule has 2 aliphatic rings. The van der Waals surface area contributed by atoms with E-state index in [9.17, 15) is 4.79 Å². The van der Waals surface area contributed by atoms with Crippen molar-refractivity contribution in [3.8, 4) is 0 Å². The molecule has 3 nitrogen and oxygen atoms in total. The minimum atomic E-state index is 0.0764. The zero-order valence-electron chi connectivity index (χ0n) is 7.18. The largest absolute Gasteiger partial charge is 0.338 e. The van der Waals surface area contributed by atoms with Crippen LogP contribution in [0.1, 0.15) is 6.42 Å². The number of nitrogens with zero attached hydrogens (tertiary/aromatic N) is 1. The fraction of sp³-hybridized carbons (Fsp3) is 0.667. The smallest absolute Gasteiger partial charge is 0.245 e. The fourth-order valence-electron chi connectivity index (χ4n) is 2.11. The predicted molar refractivity (Wildman–Crippen MR) is 46.7 cm³/mol. The van der Waals surface area contributed by atoms with Crippen molar-refractivity contribution in [1.82, 2.24) is 10.2 Å². The molecule has 3 heteroatoms. The summed E-state index contributed by atoms with van der Waals surface area (Å²) < 4.78 is 0. The molecule has 0 aromatic rings. The molecule has 0 bridgehead atoms. The summed E-state index contributed by atoms with van der Waals surface area (Å²) in [5, 5.41) is 3.33. The first kappa shape index (κ1) is 7.80. The van der Waals surface area contributed by atoms with Gasteiger partial charge in [-0.25, -0.2) is 0 Å². The van der Waals surface area contributed by atoms with Crippen LogP contribution in [0.3, 0.4) is 0 Å². The van der Waals surface area contributed by atoms with E-state index in [1.54, 1.807) is 0 Å². The lowest BCUT2D eigenvalue weighted by molar-refractivity contribution is -0.136. The van der Waals surface area contributed by atoms with Crippen LogP contribution in [0.25, 0.3) is 0 Å². The van der Waals surface area contributed by atoms with Crippen LogP contribution in [0.4, 0.5) is 0 Å². The van der Waals surface area contributed by atoms with Crippen LogP contribution in [0.15, 0.2) is 12.7 Å². The maximum Gasteiger partial charge on any atom is 0.245 e. The first-order valence-corrected chi connectivity index (χ1v) is 4.38. The van der Waals surface area contributed by atoms with Crippen molar-refractivity contribution in [3.05, 3.63) is 12.7 Å². The van der Waals surface area contributed by atoms with E-state index in [1.807, 2.05) is 4.90 Å². The molecule has 0 unspecified atom stereocenters. The van der Waals surface area contributed by atoms with Gasteiger partial charge in [0, 0.05) is 25.0 Å². The standard InChI is InChI=1S/C9H14N2O/c1-2-8(12)11-6-9(7-11)3-4-10-5-9/h2,10H,1,3-7H2. The van der Waals surface area contributed by atoms with Crippen LogP contribution in [-0.4, -0.2) is 37.0 Å². The van der Waals surface area contributed by atoms with Gasteiger partial charge in [0.05, 0.1) is 0 Å². The van der Waals surface area contributed by atoms with Gasteiger partial charge in [-0.2, -0.15) is 0 Å². The van der Waals surface area contributed by atoms with Crippen molar-refractivity contribution < 1.29 is 4.79 Å². The molecule has 2 saturated heterocycles. The van der Waals surface area contributed by atoms with Crippen molar-refractivity contribution in [2.24, 2.45) is 5.41 Å². The second kappa shape index (κ2) is 2.59. The molecule has 0 aromatic heterocycles. The molecule has 1 amide bonds. The summed E-state index contributed by atoms with van der Waals surface area (Å²) in [5.74, 6) is 0.0764. The number of nitrogens with one attached hydrogen (secondary N) is 1. The number of hydrogen-bond acceptors (Lipinski definition) is 2. The summed E-state index contributed by atoms with van der Waals surface area (Å²) in [5.41, 5.74) is 0.415. The molecule has 2 fully saturated rings. The van der Waals surface area contributed by atoms with E-state index in [2.05, 4.69) is 11.9 Å². The summed E-state index contributed by atoms with van der Waals surface area (Å²) in [4.78, 5) is 13.0. The Labute approximate surface area is 72.4 Å². The van der Waals surface area contributed by atoms with Gasteiger partial charge in [-0.15, -0.1) is 0 Å². The zero-order valence-corrected chi connectivity index (χ0v) is 7.18. The molecule has 2 rings (SSSR count). The second-order valence-corrected chi connectivity index (χ2v) is 3.83. The minimum absolute atomic E-state index is 0.0764. The van der Waals surface area contributed by atoms with Gasteiger partial charge in [0.2, 0.25) is 5.91 Å². The van der Waals surface area contributed by atoms with Crippen molar-refractivity contribution in [2.45, 2.75) is 6.42 Å². The zero-order chi connectivity index (χ0) is 8.60. The van der Waals surface area contributed by atoms with Gasteiger partial charge >= 0.3 is 0 Å². The Balaban J connectivity index is 1.90. The average Bonchev–Trinajstić information content (AvgIpc) is 2.48. The summed E-state index contributed by atoms with van der Waals surface area (Å²) in [6, 6.07) is 0. The second-order valence-electron chi connectivity index (χ2n) is 3.83. The first-order valence-electron chi connectivity index (χ1n) is 4.38. The van der Waals surface area contributed by atoms with Crippen LogP contribution in [0.2, 0.25) is 0 Å². The van der Waals surface area contributed by atoms with Crippen LogP contribution in [0, 0.1) is 5.41 Å². The molecule has 0 aliphatic carbocycles. The molecular formula is C9H14N2O. The number of carbonyl (C=O) groups is 1. The molecule has 2 aliphatic heterocycles. The SMILES string of the molecule is C=CC(=O)N1CC2(CCNC2)C1. The third-order valence-corrected chi connectivity index (χ3v) is 2.87. The van der Waals surface area contributed by atoms with E-state index < -0.39 is 0 Å². The Morgan fingerprint density at radius 1 is 1.58 bits per heavy atom. The molecule has 0 saturated carbocycles. The Bertz CT molecular complexity index is 211. The first-order chi connectivity index (χ1) is 5.76. The Hall–Kier alpha value is -0.830. The molecule has 66 valence electrons. The summed E-state index contributed by atoms with van der Waals surface area (Å²) >= 11 is 0. The fourth-order valence-corrected chi connectivity index (χ4v) is 2.11. The highest BCUT2D eigenvalue weighted by atomic mass is 16.2. The highest BCUT2D eigenvalue weighted by Gasteiger charge is 2.45. The van der Waals surface area contributed by atoms with Gasteiger partial charge in [0.15, 0.2) is 0 Å². The third-order valence-electron chi connectivity index (χ3n) is 2.87. The Kier molecular flexibility index (Phi) is 1.68. The molecular weight excluding hydrogens is 152 g/mol. The molecule has 12 heavy (non-hydrogen) atoms. The normalized spacial score (nSPS) is 25.5. The van der Waals surface area contributed by atoms with Gasteiger partial charge in [0.1, 0.15) is 0 Å². The van der Waals surface area contributed by atoms with E-state index in [0.717, 1.165) is 26.2 Å². The molecule has 0 aromatic carbocycles. The van der Waals surface area contributed by atoms with Gasteiger partial charge in [0.25, 0.3) is 0 Å². The number of rotatable bonds is 1. The molecule has 2 heterocycles. The molecule has 0 atom stereocenters. The highest BCUT2D eigenvalue weighted by Crippen LogP contribution is 2.35. The summed E-state index contributed by atoms with van der Waals surface area (Å²) in [6.45, 7) is 7.50. The van der Waals surface area contributed by atoms with E-state index >= 15 is 0 Å². The van der Waals surface area contributed by atoms with Crippen LogP contribution < -0.4 is 5.32 Å². The Morgan fingerprint density at radius 3 is 2.83 bits per heavy atom. The van der Waals surface area contributed by atoms with Crippen LogP contribution >= 0.6 is 0 Å². The number of amides is 1. The summed E-state index contributed by atoms with van der Waals surface area (Å²) in [7, 11) is 0. The molecule has 1 N–H and O–H groups in total. The monoisotopic (exact) mass is 166 g/mol. The predicted octanol–water partition coefficient (Wildman–Crippen LogP) is -0.00570. The van der Waals surface area contributed by atoms with E-state index in [-0.39, 0.29) is 5.91 Å². The number of carbonyl (C=O) groups excluding carboxylic acids is 1.